The Morgan fingerprint density at radius 3 is 1.41 bits per heavy atom. The Morgan fingerprint density at radius 1 is 0.562 bits per heavy atom. The molecule has 0 aliphatic heterocycles. The highest BCUT2D eigenvalue weighted by molar-refractivity contribution is 4.97. The first kappa shape index (κ1) is 25.1. The maximum atomic E-state index is 2.74. The second-order valence-electron chi connectivity index (χ2n) is 14.4. The van der Waals surface area contributed by atoms with E-state index in [0.29, 0.717) is 0 Å². The summed E-state index contributed by atoms with van der Waals surface area (Å²) in [5.74, 6) is 12.1. The van der Waals surface area contributed by atoms with Crippen LogP contribution in [0.15, 0.2) is 0 Å². The van der Waals surface area contributed by atoms with Crippen LogP contribution in [0.25, 0.3) is 0 Å². The molecule has 4 aliphatic rings. The molecule has 2 bridgehead atoms. The predicted octanol–water partition coefficient (Wildman–Crippen LogP) is 10.0. The molecule has 32 heavy (non-hydrogen) atoms. The average molecular weight is 443 g/mol. The Morgan fingerprint density at radius 2 is 1.00 bits per heavy atom. The van der Waals surface area contributed by atoms with Crippen LogP contribution in [-0.4, -0.2) is 0 Å². The van der Waals surface area contributed by atoms with Crippen LogP contribution in [0.1, 0.15) is 131 Å². The average Bonchev–Trinajstić information content (AvgIpc) is 3.33. The molecule has 4 rings (SSSR count). The maximum absolute atomic E-state index is 2.74. The van der Waals surface area contributed by atoms with Gasteiger partial charge in [0, 0.05) is 0 Å². The Kier molecular flexibility index (Phi) is 8.75. The van der Waals surface area contributed by atoms with Gasteiger partial charge in [0.1, 0.15) is 0 Å². The van der Waals surface area contributed by atoms with Gasteiger partial charge in [-0.05, 0) is 129 Å². The minimum absolute atomic E-state index is 0.878. The molecule has 0 amide bonds. The van der Waals surface area contributed by atoms with Crippen molar-refractivity contribution in [2.45, 2.75) is 131 Å². The lowest BCUT2D eigenvalue weighted by molar-refractivity contribution is 0.0763. The summed E-state index contributed by atoms with van der Waals surface area (Å²) in [4.78, 5) is 0. The molecule has 0 aromatic rings. The zero-order valence-electron chi connectivity index (χ0n) is 22.8. The van der Waals surface area contributed by atoms with E-state index >= 15 is 0 Å². The zero-order chi connectivity index (χ0) is 22.8. The second-order valence-corrected chi connectivity index (χ2v) is 14.4. The summed E-state index contributed by atoms with van der Waals surface area (Å²) in [5.41, 5.74) is 0. The van der Waals surface area contributed by atoms with E-state index in [1.807, 2.05) is 0 Å². The molecule has 1 unspecified atom stereocenters. The van der Waals surface area contributed by atoms with Crippen molar-refractivity contribution in [2.75, 3.05) is 0 Å². The fourth-order valence-electron chi connectivity index (χ4n) is 9.82. The first-order valence-corrected chi connectivity index (χ1v) is 15.3. The van der Waals surface area contributed by atoms with Gasteiger partial charge in [-0.15, -0.1) is 0 Å². The summed E-state index contributed by atoms with van der Waals surface area (Å²) >= 11 is 0. The summed E-state index contributed by atoms with van der Waals surface area (Å²) < 4.78 is 0. The summed E-state index contributed by atoms with van der Waals surface area (Å²) in [7, 11) is 0. The molecule has 0 aromatic carbocycles. The fourth-order valence-corrected chi connectivity index (χ4v) is 9.82. The first-order valence-electron chi connectivity index (χ1n) is 15.3. The van der Waals surface area contributed by atoms with E-state index in [0.717, 1.165) is 71.0 Å². The molecule has 0 spiro atoms. The topological polar surface area (TPSA) is 0 Å². The number of fused-ring (bicyclic) bond motifs is 4. The molecular formula is C32H58. The minimum atomic E-state index is 0.878. The zero-order valence-corrected chi connectivity index (χ0v) is 22.8. The van der Waals surface area contributed by atoms with E-state index in [1.165, 1.54) is 25.7 Å². The van der Waals surface area contributed by atoms with Gasteiger partial charge in [0.2, 0.25) is 0 Å². The van der Waals surface area contributed by atoms with Crippen LogP contribution >= 0.6 is 0 Å². The lowest BCUT2D eigenvalue weighted by Crippen LogP contribution is -2.35. The third kappa shape index (κ3) is 5.79. The fraction of sp³-hybridized carbons (Fsp3) is 1.00. The SMILES string of the molecule is CC(C)CC[C@H]1CC[C@H]2C[C@H]3CCC[C@H](C3)C[C@H]3CC[C@@H](CCC(C)C)[C@H]3[C@@H](C)C(C)[C@@H]12. The number of hydrogen-bond donors (Lipinski definition) is 0. The van der Waals surface area contributed by atoms with Crippen molar-refractivity contribution < 1.29 is 0 Å². The minimum Gasteiger partial charge on any atom is -0.0628 e. The van der Waals surface area contributed by atoms with Crippen LogP contribution in [0.4, 0.5) is 0 Å². The molecule has 0 heteroatoms. The van der Waals surface area contributed by atoms with Gasteiger partial charge in [-0.3, -0.25) is 0 Å². The maximum Gasteiger partial charge on any atom is -0.0329 e. The van der Waals surface area contributed by atoms with Gasteiger partial charge in [-0.1, -0.05) is 73.6 Å². The Balaban J connectivity index is 1.59. The Labute approximate surface area is 202 Å². The van der Waals surface area contributed by atoms with Crippen molar-refractivity contribution in [3.8, 4) is 0 Å². The van der Waals surface area contributed by atoms with E-state index in [2.05, 4.69) is 41.5 Å². The Hall–Kier alpha value is 0. The molecular weight excluding hydrogens is 384 g/mol. The predicted molar refractivity (Wildman–Crippen MR) is 141 cm³/mol. The van der Waals surface area contributed by atoms with Gasteiger partial charge in [-0.2, -0.15) is 0 Å². The second kappa shape index (κ2) is 11.2. The van der Waals surface area contributed by atoms with E-state index < -0.39 is 0 Å². The largest absolute Gasteiger partial charge is 0.0628 e. The highest BCUT2D eigenvalue weighted by atomic mass is 14.5. The molecule has 0 heterocycles. The van der Waals surface area contributed by atoms with Gasteiger partial charge in [-0.25, -0.2) is 0 Å². The lowest BCUT2D eigenvalue weighted by atomic mass is 9.64. The van der Waals surface area contributed by atoms with Crippen molar-refractivity contribution in [1.29, 1.82) is 0 Å². The lowest BCUT2D eigenvalue weighted by Gasteiger charge is -2.41. The number of rotatable bonds is 6. The molecule has 186 valence electrons. The molecule has 4 saturated carbocycles. The van der Waals surface area contributed by atoms with Crippen molar-refractivity contribution in [2.24, 2.45) is 71.0 Å². The molecule has 0 saturated heterocycles. The number of hydrogen-bond acceptors (Lipinski definition) is 0. The van der Waals surface area contributed by atoms with E-state index in [-0.39, 0.29) is 0 Å². The van der Waals surface area contributed by atoms with E-state index in [4.69, 9.17) is 0 Å². The third-order valence-electron chi connectivity index (χ3n) is 11.4. The van der Waals surface area contributed by atoms with Crippen molar-refractivity contribution in [3.05, 3.63) is 0 Å². The van der Waals surface area contributed by atoms with Gasteiger partial charge in [0.15, 0.2) is 0 Å². The Bertz CT molecular complexity index is 512. The van der Waals surface area contributed by atoms with Crippen LogP contribution in [0.5, 0.6) is 0 Å². The quantitative estimate of drug-likeness (QED) is 0.384. The molecule has 0 aromatic heterocycles. The van der Waals surface area contributed by atoms with Crippen molar-refractivity contribution in [1.82, 2.24) is 0 Å². The normalized spacial score (nSPS) is 45.0. The van der Waals surface area contributed by atoms with Crippen LogP contribution < -0.4 is 0 Å². The van der Waals surface area contributed by atoms with Crippen molar-refractivity contribution >= 4 is 0 Å². The van der Waals surface area contributed by atoms with E-state index in [9.17, 15) is 0 Å². The summed E-state index contributed by atoms with van der Waals surface area (Å²) in [5, 5.41) is 0. The van der Waals surface area contributed by atoms with E-state index in [1.54, 1.807) is 64.2 Å². The summed E-state index contributed by atoms with van der Waals surface area (Å²) in [6.07, 6.45) is 21.7. The van der Waals surface area contributed by atoms with Crippen molar-refractivity contribution in [3.63, 3.8) is 0 Å². The van der Waals surface area contributed by atoms with Gasteiger partial charge < -0.3 is 0 Å². The van der Waals surface area contributed by atoms with Crippen LogP contribution in [-0.2, 0) is 0 Å². The van der Waals surface area contributed by atoms with Crippen LogP contribution in [0.3, 0.4) is 0 Å². The van der Waals surface area contributed by atoms with Gasteiger partial charge in [0.05, 0.1) is 0 Å². The molecule has 0 radical (unpaired) electrons. The summed E-state index contributed by atoms with van der Waals surface area (Å²) in [6, 6.07) is 0. The first-order chi connectivity index (χ1) is 15.3. The van der Waals surface area contributed by atoms with Crippen LogP contribution in [0.2, 0.25) is 0 Å². The molecule has 0 N–H and O–H groups in total. The highest BCUT2D eigenvalue weighted by Gasteiger charge is 2.48. The highest BCUT2D eigenvalue weighted by Crippen LogP contribution is 2.56. The molecule has 4 fully saturated rings. The summed E-state index contributed by atoms with van der Waals surface area (Å²) in [6.45, 7) is 15.3. The third-order valence-corrected chi connectivity index (χ3v) is 11.4. The standard InChI is InChI=1S/C32H58/c1-21(2)10-12-27-14-16-29-19-25-8-7-9-26(18-25)20-30-17-15-28(13-11-22(3)4)32(30)24(6)23(5)31(27)29/h21-32H,7-20H2,1-6H3/t23-,24?,25+,26-,27+,28-,29+,30-,31+,32-/m0/s1. The smallest absolute Gasteiger partial charge is 0.0329 e. The molecule has 0 nitrogen and oxygen atoms in total. The van der Waals surface area contributed by atoms with Crippen LogP contribution in [0, 0.1) is 71.0 Å². The molecule has 10 atom stereocenters. The van der Waals surface area contributed by atoms with Gasteiger partial charge in [0.25, 0.3) is 0 Å². The molecule has 4 aliphatic carbocycles. The van der Waals surface area contributed by atoms with Gasteiger partial charge >= 0.3 is 0 Å². The monoisotopic (exact) mass is 442 g/mol.